The van der Waals surface area contributed by atoms with Crippen molar-refractivity contribution in [2.45, 2.75) is 37.1 Å². The number of hydrogen-bond acceptors (Lipinski definition) is 4. The monoisotopic (exact) mass is 389 g/mol. The Hall–Kier alpha value is -2.10. The first kappa shape index (κ1) is 18.7. The number of carbonyl (C=O) groups is 1. The van der Waals surface area contributed by atoms with E-state index in [1.54, 1.807) is 0 Å². The maximum Gasteiger partial charge on any atom is 0.225 e. The van der Waals surface area contributed by atoms with E-state index in [0.717, 1.165) is 31.4 Å². The Bertz CT molecular complexity index is 882. The minimum Gasteiger partial charge on any atom is -0.326 e. The van der Waals surface area contributed by atoms with E-state index < -0.39 is 5.82 Å². The number of hydrogen-bond donors (Lipinski definition) is 1. The number of nitrogens with one attached hydrogen (secondary N) is 1. The zero-order chi connectivity index (χ0) is 18.5. The largest absolute Gasteiger partial charge is 0.326 e. The standard InChI is InChI=1S/C19H17ClFN3OS/c20-15-10-14(5-6-16(15)21)23-18(25)7-8-26-19-13(11-22)9-12-3-1-2-4-17(12)24-19/h5-6,9-10H,1-4,7-8H2,(H,23,25). The van der Waals surface area contributed by atoms with Gasteiger partial charge in [0.1, 0.15) is 16.9 Å². The first-order chi connectivity index (χ1) is 12.6. The van der Waals surface area contributed by atoms with Gasteiger partial charge in [-0.15, -0.1) is 11.8 Å². The molecule has 1 aromatic carbocycles. The zero-order valence-electron chi connectivity index (χ0n) is 14.0. The number of pyridine rings is 1. The lowest BCUT2D eigenvalue weighted by Crippen LogP contribution is -2.12. The van der Waals surface area contributed by atoms with Gasteiger partial charge in [-0.1, -0.05) is 11.6 Å². The van der Waals surface area contributed by atoms with Crippen molar-refractivity contribution >= 4 is 35.0 Å². The maximum atomic E-state index is 13.1. The molecule has 134 valence electrons. The molecule has 4 nitrogen and oxygen atoms in total. The highest BCUT2D eigenvalue weighted by Gasteiger charge is 2.16. The number of benzene rings is 1. The minimum atomic E-state index is -0.525. The van der Waals surface area contributed by atoms with Crippen molar-refractivity contribution in [3.8, 4) is 6.07 Å². The second-order valence-electron chi connectivity index (χ2n) is 6.04. The maximum absolute atomic E-state index is 13.1. The van der Waals surface area contributed by atoms with Gasteiger partial charge < -0.3 is 5.32 Å². The molecule has 0 atom stereocenters. The van der Waals surface area contributed by atoms with Gasteiger partial charge in [0.15, 0.2) is 0 Å². The lowest BCUT2D eigenvalue weighted by atomic mass is 9.95. The molecule has 2 aromatic rings. The lowest BCUT2D eigenvalue weighted by molar-refractivity contribution is -0.115. The Kier molecular flexibility index (Phi) is 6.12. The van der Waals surface area contributed by atoms with Crippen LogP contribution < -0.4 is 5.32 Å². The minimum absolute atomic E-state index is 0.0332. The fraction of sp³-hybridized carbons (Fsp3) is 0.316. The first-order valence-electron chi connectivity index (χ1n) is 8.37. The highest BCUT2D eigenvalue weighted by Crippen LogP contribution is 2.27. The predicted molar refractivity (Wildman–Crippen MR) is 101 cm³/mol. The molecule has 0 aliphatic heterocycles. The van der Waals surface area contributed by atoms with E-state index in [0.29, 0.717) is 22.0 Å². The summed E-state index contributed by atoms with van der Waals surface area (Å²) in [5.41, 5.74) is 3.27. The highest BCUT2D eigenvalue weighted by atomic mass is 35.5. The number of nitriles is 1. The van der Waals surface area contributed by atoms with Crippen molar-refractivity contribution in [1.29, 1.82) is 5.26 Å². The van der Waals surface area contributed by atoms with E-state index in [-0.39, 0.29) is 17.4 Å². The molecule has 1 amide bonds. The molecule has 1 aromatic heterocycles. The van der Waals surface area contributed by atoms with Gasteiger partial charge in [-0.2, -0.15) is 5.26 Å². The van der Waals surface area contributed by atoms with Crippen LogP contribution in [0.3, 0.4) is 0 Å². The molecule has 0 fully saturated rings. The van der Waals surface area contributed by atoms with Crippen molar-refractivity contribution < 1.29 is 9.18 Å². The summed E-state index contributed by atoms with van der Waals surface area (Å²) < 4.78 is 13.1. The molecular weight excluding hydrogens is 373 g/mol. The van der Waals surface area contributed by atoms with Crippen molar-refractivity contribution in [3.63, 3.8) is 0 Å². The third-order valence-corrected chi connectivity index (χ3v) is 5.44. The number of nitrogens with zero attached hydrogens (tertiary/aromatic N) is 2. The number of thioether (sulfide) groups is 1. The molecular formula is C19H17ClFN3OS. The van der Waals surface area contributed by atoms with Crippen molar-refractivity contribution in [2.24, 2.45) is 0 Å². The number of halogens is 2. The van der Waals surface area contributed by atoms with Crippen LogP contribution in [-0.4, -0.2) is 16.6 Å². The van der Waals surface area contributed by atoms with E-state index in [1.807, 2.05) is 6.07 Å². The number of anilines is 1. The van der Waals surface area contributed by atoms with Gasteiger partial charge in [-0.05, 0) is 55.5 Å². The molecule has 3 rings (SSSR count). The van der Waals surface area contributed by atoms with Gasteiger partial charge in [0, 0.05) is 23.6 Å². The zero-order valence-corrected chi connectivity index (χ0v) is 15.6. The third-order valence-electron chi connectivity index (χ3n) is 4.16. The quantitative estimate of drug-likeness (QED) is 0.749. The van der Waals surface area contributed by atoms with Crippen LogP contribution in [0.4, 0.5) is 10.1 Å². The summed E-state index contributed by atoms with van der Waals surface area (Å²) in [4.78, 5) is 16.7. The van der Waals surface area contributed by atoms with Gasteiger partial charge in [-0.3, -0.25) is 4.79 Å². The smallest absolute Gasteiger partial charge is 0.225 e. The fourth-order valence-electron chi connectivity index (χ4n) is 2.84. The molecule has 0 unspecified atom stereocenters. The first-order valence-corrected chi connectivity index (χ1v) is 9.74. The normalized spacial score (nSPS) is 13.0. The topological polar surface area (TPSA) is 65.8 Å². The number of amides is 1. The van der Waals surface area contributed by atoms with Gasteiger partial charge in [0.25, 0.3) is 0 Å². The number of rotatable bonds is 5. The number of carbonyl (C=O) groups excluding carboxylic acids is 1. The van der Waals surface area contributed by atoms with Crippen LogP contribution in [0.1, 0.15) is 36.1 Å². The van der Waals surface area contributed by atoms with Crippen molar-refractivity contribution in [3.05, 3.63) is 51.9 Å². The van der Waals surface area contributed by atoms with Crippen LogP contribution >= 0.6 is 23.4 Å². The Morgan fingerprint density at radius 2 is 2.15 bits per heavy atom. The molecule has 1 aliphatic rings. The second-order valence-corrected chi connectivity index (χ2v) is 7.53. The molecule has 1 heterocycles. The molecule has 7 heteroatoms. The van der Waals surface area contributed by atoms with Crippen LogP contribution in [-0.2, 0) is 17.6 Å². The number of aromatic nitrogens is 1. The lowest BCUT2D eigenvalue weighted by Gasteiger charge is -2.16. The van der Waals surface area contributed by atoms with Crippen molar-refractivity contribution in [2.75, 3.05) is 11.1 Å². The van der Waals surface area contributed by atoms with Gasteiger partial charge in [0.05, 0.1) is 10.6 Å². The highest BCUT2D eigenvalue weighted by molar-refractivity contribution is 7.99. The van der Waals surface area contributed by atoms with Gasteiger partial charge in [0.2, 0.25) is 5.91 Å². The van der Waals surface area contributed by atoms with Crippen LogP contribution in [0.2, 0.25) is 5.02 Å². The molecule has 0 saturated heterocycles. The van der Waals surface area contributed by atoms with E-state index in [9.17, 15) is 14.4 Å². The Balaban J connectivity index is 1.58. The Morgan fingerprint density at radius 3 is 2.92 bits per heavy atom. The summed E-state index contributed by atoms with van der Waals surface area (Å²) in [5, 5.41) is 12.7. The van der Waals surface area contributed by atoms with E-state index in [1.165, 1.54) is 35.5 Å². The van der Waals surface area contributed by atoms with Gasteiger partial charge >= 0.3 is 0 Å². The van der Waals surface area contributed by atoms with E-state index in [2.05, 4.69) is 16.4 Å². The van der Waals surface area contributed by atoms with Crippen LogP contribution in [0.25, 0.3) is 0 Å². The predicted octanol–water partition coefficient (Wildman–Crippen LogP) is 4.75. The third kappa shape index (κ3) is 4.54. The second kappa shape index (κ2) is 8.52. The molecule has 1 aliphatic carbocycles. The molecule has 0 bridgehead atoms. The Labute approximate surface area is 160 Å². The number of fused-ring (bicyclic) bond motifs is 1. The molecule has 0 radical (unpaired) electrons. The molecule has 26 heavy (non-hydrogen) atoms. The fourth-order valence-corrected chi connectivity index (χ4v) is 3.94. The van der Waals surface area contributed by atoms with Crippen LogP contribution in [0.15, 0.2) is 29.3 Å². The van der Waals surface area contributed by atoms with Crippen LogP contribution in [0, 0.1) is 17.1 Å². The average molecular weight is 390 g/mol. The SMILES string of the molecule is N#Cc1cc2c(nc1SCCC(=O)Nc1ccc(F)c(Cl)c1)CCCC2. The summed E-state index contributed by atoms with van der Waals surface area (Å²) >= 11 is 7.11. The van der Waals surface area contributed by atoms with E-state index in [4.69, 9.17) is 11.6 Å². The Morgan fingerprint density at radius 1 is 1.35 bits per heavy atom. The molecule has 0 saturated carbocycles. The van der Waals surface area contributed by atoms with Gasteiger partial charge in [-0.25, -0.2) is 9.37 Å². The summed E-state index contributed by atoms with van der Waals surface area (Å²) in [6.07, 6.45) is 4.44. The van der Waals surface area contributed by atoms with Crippen molar-refractivity contribution in [1.82, 2.24) is 4.98 Å². The van der Waals surface area contributed by atoms with E-state index >= 15 is 0 Å². The summed E-state index contributed by atoms with van der Waals surface area (Å²) in [5.74, 6) is -0.222. The molecule has 0 spiro atoms. The number of aryl methyl sites for hydroxylation is 2. The summed E-state index contributed by atoms with van der Waals surface area (Å²) in [6, 6.07) is 8.19. The van der Waals surface area contributed by atoms with Crippen LogP contribution in [0.5, 0.6) is 0 Å². The summed E-state index contributed by atoms with van der Waals surface area (Å²) in [6.45, 7) is 0. The average Bonchev–Trinajstić information content (AvgIpc) is 2.64. The summed E-state index contributed by atoms with van der Waals surface area (Å²) in [7, 11) is 0. The molecule has 1 N–H and O–H groups in total.